The van der Waals surface area contributed by atoms with Crippen molar-refractivity contribution < 1.29 is 27.1 Å². The van der Waals surface area contributed by atoms with E-state index in [2.05, 4.69) is 15.3 Å². The SMILES string of the molecule is O=C1NC(=NCCc2cccc(F)c2)SC1=Cc1ccc2nccc(OCC(F)(F)F)c2c1. The van der Waals surface area contributed by atoms with Crippen molar-refractivity contribution in [3.05, 3.63) is 76.6 Å². The maximum Gasteiger partial charge on any atom is 0.422 e. The van der Waals surface area contributed by atoms with Crippen molar-refractivity contribution in [2.45, 2.75) is 12.6 Å². The number of nitrogens with one attached hydrogen (secondary N) is 1. The van der Waals surface area contributed by atoms with Gasteiger partial charge in [-0.15, -0.1) is 0 Å². The summed E-state index contributed by atoms with van der Waals surface area (Å²) in [5.41, 5.74) is 1.88. The first kappa shape index (κ1) is 22.8. The first-order chi connectivity index (χ1) is 15.8. The Morgan fingerprint density at radius 2 is 2.00 bits per heavy atom. The first-order valence-corrected chi connectivity index (χ1v) is 10.7. The maximum absolute atomic E-state index is 13.3. The van der Waals surface area contributed by atoms with E-state index in [9.17, 15) is 22.4 Å². The molecule has 0 bridgehead atoms. The van der Waals surface area contributed by atoms with Crippen LogP contribution in [0.3, 0.4) is 0 Å². The van der Waals surface area contributed by atoms with Gasteiger partial charge in [0.25, 0.3) is 5.91 Å². The van der Waals surface area contributed by atoms with Crippen LogP contribution < -0.4 is 10.1 Å². The molecule has 2 aromatic carbocycles. The molecule has 3 aromatic rings. The van der Waals surface area contributed by atoms with Gasteiger partial charge in [-0.1, -0.05) is 18.2 Å². The number of benzene rings is 2. The van der Waals surface area contributed by atoms with Crippen molar-refractivity contribution >= 4 is 39.8 Å². The number of amidine groups is 1. The monoisotopic (exact) mass is 475 g/mol. The quantitative estimate of drug-likeness (QED) is 0.397. The number of carbonyl (C=O) groups excluding carboxylic acids is 1. The topological polar surface area (TPSA) is 63.6 Å². The van der Waals surface area contributed by atoms with E-state index in [0.29, 0.717) is 39.5 Å². The summed E-state index contributed by atoms with van der Waals surface area (Å²) in [5.74, 6) is -0.587. The van der Waals surface area contributed by atoms with E-state index >= 15 is 0 Å². The molecular weight excluding hydrogens is 458 g/mol. The molecule has 33 heavy (non-hydrogen) atoms. The summed E-state index contributed by atoms with van der Waals surface area (Å²) in [6, 6.07) is 12.6. The van der Waals surface area contributed by atoms with Crippen molar-refractivity contribution in [2.24, 2.45) is 4.99 Å². The summed E-state index contributed by atoms with van der Waals surface area (Å²) in [4.78, 5) is 21.2. The van der Waals surface area contributed by atoms with Gasteiger partial charge in [-0.05, 0) is 65.7 Å². The molecule has 1 aliphatic rings. The molecule has 1 N–H and O–H groups in total. The predicted molar refractivity (Wildman–Crippen MR) is 119 cm³/mol. The van der Waals surface area contributed by atoms with Crippen LogP contribution >= 0.6 is 11.8 Å². The third kappa shape index (κ3) is 6.10. The molecule has 0 saturated carbocycles. The van der Waals surface area contributed by atoms with Crippen molar-refractivity contribution in [3.63, 3.8) is 0 Å². The Morgan fingerprint density at radius 1 is 1.15 bits per heavy atom. The van der Waals surface area contributed by atoms with Crippen LogP contribution in [0.4, 0.5) is 17.6 Å². The van der Waals surface area contributed by atoms with Crippen LogP contribution in [-0.2, 0) is 11.2 Å². The lowest BCUT2D eigenvalue weighted by Crippen LogP contribution is -2.20. The van der Waals surface area contributed by atoms with Gasteiger partial charge in [0.15, 0.2) is 11.8 Å². The number of nitrogens with zero attached hydrogens (tertiary/aromatic N) is 2. The van der Waals surface area contributed by atoms with Gasteiger partial charge in [0.2, 0.25) is 0 Å². The molecule has 0 spiro atoms. The van der Waals surface area contributed by atoms with E-state index in [1.54, 1.807) is 36.4 Å². The molecule has 1 fully saturated rings. The number of halogens is 4. The van der Waals surface area contributed by atoms with E-state index in [-0.39, 0.29) is 17.5 Å². The van der Waals surface area contributed by atoms with E-state index in [1.807, 2.05) is 0 Å². The van der Waals surface area contributed by atoms with Crippen LogP contribution in [0.15, 0.2) is 64.6 Å². The minimum Gasteiger partial charge on any atom is -0.483 e. The highest BCUT2D eigenvalue weighted by atomic mass is 32.2. The average Bonchev–Trinajstić information content (AvgIpc) is 3.10. The van der Waals surface area contributed by atoms with E-state index in [1.165, 1.54) is 24.4 Å². The molecule has 170 valence electrons. The summed E-state index contributed by atoms with van der Waals surface area (Å²) < 4.78 is 55.8. The van der Waals surface area contributed by atoms with Crippen molar-refractivity contribution in [1.82, 2.24) is 10.3 Å². The van der Waals surface area contributed by atoms with Crippen LogP contribution in [0.1, 0.15) is 11.1 Å². The number of hydrogen-bond donors (Lipinski definition) is 1. The molecule has 10 heteroatoms. The Balaban J connectivity index is 1.48. The first-order valence-electron chi connectivity index (χ1n) is 9.85. The molecule has 0 aliphatic carbocycles. The molecule has 0 atom stereocenters. The number of pyridine rings is 1. The summed E-state index contributed by atoms with van der Waals surface area (Å²) in [6.45, 7) is -1.04. The number of alkyl halides is 3. The highest BCUT2D eigenvalue weighted by molar-refractivity contribution is 8.18. The lowest BCUT2D eigenvalue weighted by atomic mass is 10.1. The van der Waals surface area contributed by atoms with Crippen LogP contribution in [-0.4, -0.2) is 35.4 Å². The number of thioether (sulfide) groups is 1. The van der Waals surface area contributed by atoms with Gasteiger partial charge in [0, 0.05) is 18.1 Å². The zero-order valence-electron chi connectivity index (χ0n) is 17.0. The number of aliphatic imine (C=N–C) groups is 1. The van der Waals surface area contributed by atoms with E-state index in [0.717, 1.165) is 17.3 Å². The van der Waals surface area contributed by atoms with Gasteiger partial charge >= 0.3 is 6.18 Å². The highest BCUT2D eigenvalue weighted by Gasteiger charge is 2.29. The Labute approximate surface area is 190 Å². The number of rotatable bonds is 6. The fourth-order valence-corrected chi connectivity index (χ4v) is 3.99. The molecule has 1 aromatic heterocycles. The Hall–Kier alpha value is -3.40. The Kier molecular flexibility index (Phi) is 6.64. The molecular formula is C23H17F4N3O2S. The van der Waals surface area contributed by atoms with Gasteiger partial charge < -0.3 is 10.1 Å². The standard InChI is InChI=1S/C23H17F4N3O2S/c24-16-3-1-2-14(10-16)6-8-29-22-30-21(31)20(33-22)12-15-4-5-18-17(11-15)19(7-9-28-18)32-13-23(25,26)27/h1-5,7,9-12H,6,8,13H2,(H,29,30,31). The van der Waals surface area contributed by atoms with Gasteiger partial charge in [-0.3, -0.25) is 14.8 Å². The average molecular weight is 475 g/mol. The van der Waals surface area contributed by atoms with E-state index < -0.39 is 12.8 Å². The second-order valence-corrected chi connectivity index (χ2v) is 8.15. The maximum atomic E-state index is 13.3. The predicted octanol–water partition coefficient (Wildman–Crippen LogP) is 5.12. The molecule has 1 aliphatic heterocycles. The van der Waals surface area contributed by atoms with Crippen molar-refractivity contribution in [2.75, 3.05) is 13.2 Å². The third-order valence-electron chi connectivity index (χ3n) is 4.61. The van der Waals surface area contributed by atoms with Crippen LogP contribution in [0.5, 0.6) is 5.75 Å². The minimum atomic E-state index is -4.46. The lowest BCUT2D eigenvalue weighted by Gasteiger charge is -2.11. The fourth-order valence-electron chi connectivity index (χ4n) is 3.15. The molecule has 5 nitrogen and oxygen atoms in total. The summed E-state index contributed by atoms with van der Waals surface area (Å²) in [5, 5.41) is 3.51. The van der Waals surface area contributed by atoms with Crippen molar-refractivity contribution in [1.29, 1.82) is 0 Å². The summed E-state index contributed by atoms with van der Waals surface area (Å²) >= 11 is 1.16. The van der Waals surface area contributed by atoms with Gasteiger partial charge in [-0.2, -0.15) is 13.2 Å². The molecule has 1 amide bonds. The van der Waals surface area contributed by atoms with Gasteiger partial charge in [0.1, 0.15) is 11.6 Å². The number of ether oxygens (including phenoxy) is 1. The molecule has 2 heterocycles. The van der Waals surface area contributed by atoms with Gasteiger partial charge in [0.05, 0.1) is 10.4 Å². The van der Waals surface area contributed by atoms with Crippen LogP contribution in [0, 0.1) is 5.82 Å². The number of hydrogen-bond acceptors (Lipinski definition) is 5. The molecule has 4 rings (SSSR count). The number of carbonyl (C=O) groups is 1. The molecule has 0 unspecified atom stereocenters. The second-order valence-electron chi connectivity index (χ2n) is 7.12. The zero-order valence-corrected chi connectivity index (χ0v) is 17.8. The third-order valence-corrected chi connectivity index (χ3v) is 5.56. The van der Waals surface area contributed by atoms with E-state index in [4.69, 9.17) is 4.74 Å². The number of aromatic nitrogens is 1. The van der Waals surface area contributed by atoms with Crippen LogP contribution in [0.2, 0.25) is 0 Å². The Bertz CT molecular complexity index is 1260. The summed E-state index contributed by atoms with van der Waals surface area (Å²) in [7, 11) is 0. The molecule has 1 saturated heterocycles. The molecule has 0 radical (unpaired) electrons. The second kappa shape index (κ2) is 9.62. The summed E-state index contributed by atoms with van der Waals surface area (Å²) in [6.07, 6.45) is -0.943. The fraction of sp³-hybridized carbons (Fsp3) is 0.174. The highest BCUT2D eigenvalue weighted by Crippen LogP contribution is 2.30. The number of amides is 1. The van der Waals surface area contributed by atoms with Gasteiger partial charge in [-0.25, -0.2) is 4.39 Å². The van der Waals surface area contributed by atoms with Crippen LogP contribution in [0.25, 0.3) is 17.0 Å². The lowest BCUT2D eigenvalue weighted by molar-refractivity contribution is -0.153. The largest absolute Gasteiger partial charge is 0.483 e. The number of fused-ring (bicyclic) bond motifs is 1. The minimum absolute atomic E-state index is 0.0562. The smallest absolute Gasteiger partial charge is 0.422 e. The van der Waals surface area contributed by atoms with Crippen molar-refractivity contribution in [3.8, 4) is 5.75 Å². The normalized spacial score (nSPS) is 16.5. The zero-order chi connectivity index (χ0) is 23.4. The Morgan fingerprint density at radius 3 is 2.79 bits per heavy atom.